The van der Waals surface area contributed by atoms with Crippen molar-refractivity contribution >= 4 is 5.52 Å². The summed E-state index contributed by atoms with van der Waals surface area (Å²) in [6.45, 7) is 0. The zero-order chi connectivity index (χ0) is 15.0. The first kappa shape index (κ1) is 13.2. The highest BCUT2D eigenvalue weighted by atomic mass is 19.4. The molecule has 0 saturated heterocycles. The van der Waals surface area contributed by atoms with Crippen molar-refractivity contribution in [2.24, 2.45) is 0 Å². The molecule has 3 nitrogen and oxygen atoms in total. The second-order valence-corrected chi connectivity index (χ2v) is 4.43. The number of hydrogen-bond acceptors (Lipinski definition) is 2. The fourth-order valence-electron chi connectivity index (χ4n) is 2.13. The maximum atomic E-state index is 12.6. The number of fused-ring (bicyclic) bond motifs is 1. The average molecular weight is 287 g/mol. The Bertz CT molecular complexity index is 839. The SMILES string of the molecule is N#Cc1nc(-c2ccc(C(F)(F)F)cc2)n2ccccc12. The van der Waals surface area contributed by atoms with Crippen LogP contribution in [0.25, 0.3) is 16.9 Å². The third kappa shape index (κ3) is 2.23. The first-order valence-corrected chi connectivity index (χ1v) is 6.05. The lowest BCUT2D eigenvalue weighted by molar-refractivity contribution is -0.137. The van der Waals surface area contributed by atoms with Gasteiger partial charge in [-0.3, -0.25) is 4.40 Å². The van der Waals surface area contributed by atoms with E-state index in [1.807, 2.05) is 6.07 Å². The monoisotopic (exact) mass is 287 g/mol. The summed E-state index contributed by atoms with van der Waals surface area (Å²) in [5.41, 5.74) is 0.665. The predicted octanol–water partition coefficient (Wildman–Crippen LogP) is 3.89. The van der Waals surface area contributed by atoms with Crippen molar-refractivity contribution in [3.05, 3.63) is 59.9 Å². The Morgan fingerprint density at radius 2 is 1.76 bits per heavy atom. The van der Waals surface area contributed by atoms with E-state index in [1.54, 1.807) is 28.8 Å². The van der Waals surface area contributed by atoms with E-state index < -0.39 is 11.7 Å². The van der Waals surface area contributed by atoms with Gasteiger partial charge in [-0.15, -0.1) is 0 Å². The molecule has 0 N–H and O–H groups in total. The van der Waals surface area contributed by atoms with Crippen LogP contribution in [0, 0.1) is 11.3 Å². The summed E-state index contributed by atoms with van der Waals surface area (Å²) in [5, 5.41) is 9.07. The number of pyridine rings is 1. The molecule has 0 amide bonds. The standard InChI is InChI=1S/C15H8F3N3/c16-15(17,18)11-6-4-10(5-7-11)14-20-12(9-19)13-3-1-2-8-21(13)14/h1-8H. The number of rotatable bonds is 1. The molecule has 2 heterocycles. The Labute approximate surface area is 117 Å². The molecule has 21 heavy (non-hydrogen) atoms. The second-order valence-electron chi connectivity index (χ2n) is 4.43. The fraction of sp³-hybridized carbons (Fsp3) is 0.0667. The number of benzene rings is 1. The van der Waals surface area contributed by atoms with Gasteiger partial charge < -0.3 is 0 Å². The van der Waals surface area contributed by atoms with Crippen molar-refractivity contribution in [2.45, 2.75) is 6.18 Å². The van der Waals surface area contributed by atoms with Gasteiger partial charge in [-0.25, -0.2) is 4.98 Å². The predicted molar refractivity (Wildman–Crippen MR) is 70.3 cm³/mol. The largest absolute Gasteiger partial charge is 0.416 e. The number of hydrogen-bond donors (Lipinski definition) is 0. The highest BCUT2D eigenvalue weighted by molar-refractivity contribution is 5.68. The summed E-state index contributed by atoms with van der Waals surface area (Å²) in [5.74, 6) is 0.441. The van der Waals surface area contributed by atoms with Crippen LogP contribution in [-0.4, -0.2) is 9.38 Å². The number of nitriles is 1. The quantitative estimate of drug-likeness (QED) is 0.681. The van der Waals surface area contributed by atoms with Gasteiger partial charge in [0, 0.05) is 11.8 Å². The van der Waals surface area contributed by atoms with Crippen molar-refractivity contribution in [3.8, 4) is 17.5 Å². The number of nitrogens with zero attached hydrogens (tertiary/aromatic N) is 3. The van der Waals surface area contributed by atoms with E-state index in [2.05, 4.69) is 4.98 Å². The molecule has 1 aromatic carbocycles. The Hall–Kier alpha value is -2.81. The van der Waals surface area contributed by atoms with Crippen LogP contribution >= 0.6 is 0 Å². The molecule has 104 valence electrons. The second kappa shape index (κ2) is 4.63. The molecule has 0 spiro atoms. The number of halogens is 3. The van der Waals surface area contributed by atoms with Gasteiger partial charge >= 0.3 is 6.18 Å². The van der Waals surface area contributed by atoms with Crippen LogP contribution in [-0.2, 0) is 6.18 Å². The first-order chi connectivity index (χ1) is 10.0. The molecule has 0 saturated carbocycles. The van der Waals surface area contributed by atoms with Gasteiger partial charge in [-0.2, -0.15) is 18.4 Å². The normalized spacial score (nSPS) is 11.5. The van der Waals surface area contributed by atoms with Crippen LogP contribution in [0.5, 0.6) is 0 Å². The van der Waals surface area contributed by atoms with E-state index in [9.17, 15) is 13.2 Å². The van der Waals surface area contributed by atoms with E-state index in [0.29, 0.717) is 16.9 Å². The topological polar surface area (TPSA) is 41.1 Å². The summed E-state index contributed by atoms with van der Waals surface area (Å²) < 4.78 is 39.4. The van der Waals surface area contributed by atoms with E-state index >= 15 is 0 Å². The van der Waals surface area contributed by atoms with Crippen LogP contribution in [0.15, 0.2) is 48.7 Å². The maximum Gasteiger partial charge on any atom is 0.416 e. The van der Waals surface area contributed by atoms with Crippen molar-refractivity contribution in [1.29, 1.82) is 5.26 Å². The molecule has 0 aliphatic heterocycles. The molecule has 0 fully saturated rings. The molecule has 2 aromatic heterocycles. The fourth-order valence-corrected chi connectivity index (χ4v) is 2.13. The third-order valence-electron chi connectivity index (χ3n) is 3.12. The molecule has 0 aliphatic carbocycles. The zero-order valence-electron chi connectivity index (χ0n) is 10.6. The van der Waals surface area contributed by atoms with E-state index in [0.717, 1.165) is 12.1 Å². The summed E-state index contributed by atoms with van der Waals surface area (Å²) in [4.78, 5) is 4.19. The maximum absolute atomic E-state index is 12.6. The highest BCUT2D eigenvalue weighted by Crippen LogP contribution is 2.31. The van der Waals surface area contributed by atoms with Gasteiger partial charge in [0.2, 0.25) is 0 Å². The van der Waals surface area contributed by atoms with Crippen molar-refractivity contribution in [3.63, 3.8) is 0 Å². The molecule has 6 heteroatoms. The lowest BCUT2D eigenvalue weighted by Gasteiger charge is -2.07. The molecule has 0 aliphatic rings. The Morgan fingerprint density at radius 1 is 1.05 bits per heavy atom. The Balaban J connectivity index is 2.15. The van der Waals surface area contributed by atoms with Gasteiger partial charge in [0.25, 0.3) is 0 Å². The molecule has 3 rings (SSSR count). The minimum atomic E-state index is -4.37. The lowest BCUT2D eigenvalue weighted by Crippen LogP contribution is -2.04. The smallest absolute Gasteiger partial charge is 0.298 e. The highest BCUT2D eigenvalue weighted by Gasteiger charge is 2.30. The van der Waals surface area contributed by atoms with Crippen LogP contribution in [0.2, 0.25) is 0 Å². The summed E-state index contributed by atoms with van der Waals surface area (Å²) in [7, 11) is 0. The number of imidazole rings is 1. The van der Waals surface area contributed by atoms with Crippen molar-refractivity contribution in [1.82, 2.24) is 9.38 Å². The summed E-state index contributed by atoms with van der Waals surface area (Å²) >= 11 is 0. The summed E-state index contributed by atoms with van der Waals surface area (Å²) in [6, 6.07) is 12.0. The minimum Gasteiger partial charge on any atom is -0.298 e. The molecule has 0 radical (unpaired) electrons. The van der Waals surface area contributed by atoms with E-state index in [4.69, 9.17) is 5.26 Å². The average Bonchev–Trinajstić information content (AvgIpc) is 2.85. The number of alkyl halides is 3. The van der Waals surface area contributed by atoms with Crippen LogP contribution < -0.4 is 0 Å². The van der Waals surface area contributed by atoms with E-state index in [1.165, 1.54) is 12.1 Å². The third-order valence-corrected chi connectivity index (χ3v) is 3.12. The Kier molecular flexibility index (Phi) is 2.91. The molecule has 3 aromatic rings. The van der Waals surface area contributed by atoms with Crippen LogP contribution in [0.4, 0.5) is 13.2 Å². The minimum absolute atomic E-state index is 0.241. The van der Waals surface area contributed by atoms with Crippen LogP contribution in [0.3, 0.4) is 0 Å². The molecule has 0 atom stereocenters. The Morgan fingerprint density at radius 3 is 2.38 bits per heavy atom. The van der Waals surface area contributed by atoms with Gasteiger partial charge in [0.1, 0.15) is 11.9 Å². The van der Waals surface area contributed by atoms with Gasteiger partial charge in [0.05, 0.1) is 11.1 Å². The van der Waals surface area contributed by atoms with Crippen molar-refractivity contribution in [2.75, 3.05) is 0 Å². The van der Waals surface area contributed by atoms with Gasteiger partial charge in [-0.05, 0) is 24.3 Å². The lowest BCUT2D eigenvalue weighted by atomic mass is 10.1. The zero-order valence-corrected chi connectivity index (χ0v) is 10.6. The molecule has 0 unspecified atom stereocenters. The van der Waals surface area contributed by atoms with Gasteiger partial charge in [-0.1, -0.05) is 18.2 Å². The first-order valence-electron chi connectivity index (χ1n) is 6.05. The van der Waals surface area contributed by atoms with Gasteiger partial charge in [0.15, 0.2) is 5.69 Å². The summed E-state index contributed by atoms with van der Waals surface area (Å²) in [6.07, 6.45) is -2.65. The number of aromatic nitrogens is 2. The molecular formula is C15H8F3N3. The van der Waals surface area contributed by atoms with Crippen molar-refractivity contribution < 1.29 is 13.2 Å². The molecule has 0 bridgehead atoms. The molecular weight excluding hydrogens is 279 g/mol. The van der Waals surface area contributed by atoms with Crippen LogP contribution in [0.1, 0.15) is 11.3 Å². The van der Waals surface area contributed by atoms with E-state index in [-0.39, 0.29) is 5.69 Å².